The van der Waals surface area contributed by atoms with Crippen LogP contribution in [0.3, 0.4) is 0 Å². The average molecular weight is 402 g/mol. The summed E-state index contributed by atoms with van der Waals surface area (Å²) in [5.41, 5.74) is 1.04. The zero-order valence-electron chi connectivity index (χ0n) is 15.3. The minimum atomic E-state index is -3.47. The van der Waals surface area contributed by atoms with E-state index >= 15 is 0 Å². The number of piperidine rings is 1. The molecule has 0 saturated carbocycles. The molecule has 2 aliphatic rings. The monoisotopic (exact) mass is 401 g/mol. The molecule has 1 N–H and O–H groups in total. The van der Waals surface area contributed by atoms with Crippen LogP contribution in [0, 0.1) is 12.8 Å². The molecule has 146 valence electrons. The first-order valence-electron chi connectivity index (χ1n) is 8.97. The lowest BCUT2D eigenvalue weighted by Crippen LogP contribution is -2.55. The van der Waals surface area contributed by atoms with Crippen molar-refractivity contribution in [2.45, 2.75) is 37.6 Å². The van der Waals surface area contributed by atoms with Crippen molar-refractivity contribution < 1.29 is 13.2 Å². The van der Waals surface area contributed by atoms with Gasteiger partial charge in [0.05, 0.1) is 4.90 Å². The van der Waals surface area contributed by atoms with E-state index in [2.05, 4.69) is 12.2 Å². The molecule has 6 nitrogen and oxygen atoms in total. The Balaban J connectivity index is 0.00000243. The third-order valence-electron chi connectivity index (χ3n) is 5.25. The molecule has 3 rings (SSSR count). The minimum Gasteiger partial charge on any atom is -0.337 e. The highest BCUT2D eigenvalue weighted by Gasteiger charge is 2.35. The summed E-state index contributed by atoms with van der Waals surface area (Å²) >= 11 is 0. The molecular weight excluding hydrogens is 374 g/mol. The third kappa shape index (κ3) is 4.39. The van der Waals surface area contributed by atoms with Gasteiger partial charge in [0.25, 0.3) is 0 Å². The Morgan fingerprint density at radius 3 is 2.31 bits per heavy atom. The highest BCUT2D eigenvalue weighted by molar-refractivity contribution is 7.89. The molecule has 1 amide bonds. The summed E-state index contributed by atoms with van der Waals surface area (Å²) in [6.45, 7) is 7.21. The number of nitrogens with zero attached hydrogens (tertiary/aromatic N) is 2. The lowest BCUT2D eigenvalue weighted by atomic mass is 9.95. The topological polar surface area (TPSA) is 69.7 Å². The Bertz CT molecular complexity index is 716. The number of nitrogens with one attached hydrogen (secondary N) is 1. The number of carbonyl (C=O) groups is 1. The van der Waals surface area contributed by atoms with Gasteiger partial charge in [0, 0.05) is 44.7 Å². The average Bonchev–Trinajstić information content (AvgIpc) is 2.62. The van der Waals surface area contributed by atoms with Gasteiger partial charge in [0.2, 0.25) is 15.9 Å². The normalized spacial score (nSPS) is 22.7. The van der Waals surface area contributed by atoms with Crippen LogP contribution in [0.2, 0.25) is 0 Å². The maximum atomic E-state index is 12.8. The van der Waals surface area contributed by atoms with Crippen LogP contribution in [0.5, 0.6) is 0 Å². The second-order valence-electron chi connectivity index (χ2n) is 7.08. The highest BCUT2D eigenvalue weighted by Crippen LogP contribution is 2.26. The Kier molecular flexibility index (Phi) is 7.07. The Morgan fingerprint density at radius 1 is 1.12 bits per heavy atom. The van der Waals surface area contributed by atoms with Crippen LogP contribution < -0.4 is 5.32 Å². The zero-order valence-corrected chi connectivity index (χ0v) is 17.0. The summed E-state index contributed by atoms with van der Waals surface area (Å²) in [6.07, 6.45) is 1.20. The van der Waals surface area contributed by atoms with Crippen LogP contribution in [-0.2, 0) is 14.8 Å². The quantitative estimate of drug-likeness (QED) is 0.835. The Morgan fingerprint density at radius 2 is 1.73 bits per heavy atom. The second-order valence-corrected chi connectivity index (χ2v) is 9.01. The van der Waals surface area contributed by atoms with Crippen molar-refractivity contribution in [3.8, 4) is 0 Å². The molecule has 1 aromatic carbocycles. The fourth-order valence-corrected chi connectivity index (χ4v) is 5.08. The molecule has 8 heteroatoms. The van der Waals surface area contributed by atoms with E-state index < -0.39 is 10.0 Å². The summed E-state index contributed by atoms with van der Waals surface area (Å²) in [7, 11) is -3.47. The highest BCUT2D eigenvalue weighted by atomic mass is 35.5. The van der Waals surface area contributed by atoms with Gasteiger partial charge in [-0.05, 0) is 38.8 Å². The third-order valence-corrected chi connectivity index (χ3v) is 7.16. The molecular formula is C18H28ClN3O3S. The number of halogens is 1. The molecule has 26 heavy (non-hydrogen) atoms. The number of amides is 1. The predicted octanol–water partition coefficient (Wildman–Crippen LogP) is 1.64. The number of carbonyl (C=O) groups excluding carboxylic acids is 1. The van der Waals surface area contributed by atoms with Crippen LogP contribution in [-0.4, -0.2) is 62.3 Å². The standard InChI is InChI=1S/C18H27N3O3S.ClH/c1-14-3-5-17(6-4-14)25(23,24)20-10-7-16(8-11-20)18(22)21-12-9-19-13-15(21)2;/h3-6,15-16,19H,7-13H2,1-2H3;1H/t15-;/m0./s1. The molecule has 0 aromatic heterocycles. The largest absolute Gasteiger partial charge is 0.337 e. The fourth-order valence-electron chi connectivity index (χ4n) is 3.61. The van der Waals surface area contributed by atoms with Gasteiger partial charge in [-0.3, -0.25) is 4.79 Å². The molecule has 1 aromatic rings. The van der Waals surface area contributed by atoms with Gasteiger partial charge in [-0.2, -0.15) is 4.31 Å². The van der Waals surface area contributed by atoms with Crippen molar-refractivity contribution in [1.29, 1.82) is 0 Å². The van der Waals surface area contributed by atoms with E-state index in [0.717, 1.165) is 25.2 Å². The van der Waals surface area contributed by atoms with E-state index in [1.807, 2.05) is 24.0 Å². The van der Waals surface area contributed by atoms with Crippen molar-refractivity contribution in [1.82, 2.24) is 14.5 Å². The first-order chi connectivity index (χ1) is 11.9. The Labute approximate surface area is 162 Å². The molecule has 2 saturated heterocycles. The molecule has 0 bridgehead atoms. The lowest BCUT2D eigenvalue weighted by molar-refractivity contribution is -0.139. The number of hydrogen-bond acceptors (Lipinski definition) is 4. The van der Waals surface area contributed by atoms with E-state index in [1.165, 1.54) is 4.31 Å². The van der Waals surface area contributed by atoms with Crippen LogP contribution in [0.4, 0.5) is 0 Å². The number of sulfonamides is 1. The molecule has 0 aliphatic carbocycles. The maximum Gasteiger partial charge on any atom is 0.243 e. The van der Waals surface area contributed by atoms with Gasteiger partial charge in [-0.25, -0.2) is 8.42 Å². The van der Waals surface area contributed by atoms with Crippen LogP contribution >= 0.6 is 12.4 Å². The van der Waals surface area contributed by atoms with Gasteiger partial charge in [0.15, 0.2) is 0 Å². The molecule has 0 radical (unpaired) electrons. The predicted molar refractivity (Wildman–Crippen MR) is 104 cm³/mol. The summed E-state index contributed by atoms with van der Waals surface area (Å²) in [6, 6.07) is 7.15. The zero-order chi connectivity index (χ0) is 18.0. The van der Waals surface area contributed by atoms with Crippen LogP contribution in [0.1, 0.15) is 25.3 Å². The smallest absolute Gasteiger partial charge is 0.243 e. The van der Waals surface area contributed by atoms with Crippen molar-refractivity contribution in [2.24, 2.45) is 5.92 Å². The van der Waals surface area contributed by atoms with E-state index in [0.29, 0.717) is 30.8 Å². The van der Waals surface area contributed by atoms with Crippen molar-refractivity contribution >= 4 is 28.3 Å². The first-order valence-corrected chi connectivity index (χ1v) is 10.4. The number of aryl methyl sites for hydroxylation is 1. The lowest BCUT2D eigenvalue weighted by Gasteiger charge is -2.38. The minimum absolute atomic E-state index is 0. The van der Waals surface area contributed by atoms with Crippen molar-refractivity contribution in [3.05, 3.63) is 29.8 Å². The van der Waals surface area contributed by atoms with Crippen LogP contribution in [0.15, 0.2) is 29.2 Å². The summed E-state index contributed by atoms with van der Waals surface area (Å²) < 4.78 is 27.0. The summed E-state index contributed by atoms with van der Waals surface area (Å²) in [5.74, 6) is 0.117. The fraction of sp³-hybridized carbons (Fsp3) is 0.611. The number of hydrogen-bond donors (Lipinski definition) is 1. The Hall–Kier alpha value is -1.15. The van der Waals surface area contributed by atoms with E-state index in [1.54, 1.807) is 12.1 Å². The molecule has 0 spiro atoms. The molecule has 2 heterocycles. The van der Waals surface area contributed by atoms with Gasteiger partial charge >= 0.3 is 0 Å². The summed E-state index contributed by atoms with van der Waals surface area (Å²) in [4.78, 5) is 15.0. The van der Waals surface area contributed by atoms with E-state index in [9.17, 15) is 13.2 Å². The van der Waals surface area contributed by atoms with Gasteiger partial charge in [0.1, 0.15) is 0 Å². The van der Waals surface area contributed by atoms with Crippen LogP contribution in [0.25, 0.3) is 0 Å². The molecule has 1 atom stereocenters. The SMILES string of the molecule is Cc1ccc(S(=O)(=O)N2CCC(C(=O)N3CCNC[C@@H]3C)CC2)cc1.Cl. The molecule has 0 unspecified atom stereocenters. The number of rotatable bonds is 3. The molecule has 2 fully saturated rings. The first kappa shape index (κ1) is 21.2. The summed E-state index contributed by atoms with van der Waals surface area (Å²) in [5, 5.41) is 3.29. The van der Waals surface area contributed by atoms with Crippen molar-refractivity contribution in [2.75, 3.05) is 32.7 Å². The maximum absolute atomic E-state index is 12.8. The van der Waals surface area contributed by atoms with E-state index in [-0.39, 0.29) is 30.3 Å². The van der Waals surface area contributed by atoms with E-state index in [4.69, 9.17) is 0 Å². The van der Waals surface area contributed by atoms with Gasteiger partial charge < -0.3 is 10.2 Å². The molecule has 2 aliphatic heterocycles. The van der Waals surface area contributed by atoms with Crippen molar-refractivity contribution in [3.63, 3.8) is 0 Å². The van der Waals surface area contributed by atoms with Gasteiger partial charge in [-0.15, -0.1) is 12.4 Å². The van der Waals surface area contributed by atoms with Gasteiger partial charge in [-0.1, -0.05) is 17.7 Å². The second kappa shape index (κ2) is 8.69. The number of benzene rings is 1. The number of piperazine rings is 1.